The van der Waals surface area contributed by atoms with E-state index in [1.807, 2.05) is 48.5 Å². The molecule has 3 rings (SSSR count). The van der Waals surface area contributed by atoms with Gasteiger partial charge in [-0.25, -0.2) is 0 Å². The molecule has 1 aliphatic rings. The lowest BCUT2D eigenvalue weighted by atomic mass is 9.77. The van der Waals surface area contributed by atoms with Crippen molar-refractivity contribution in [2.24, 2.45) is 0 Å². The van der Waals surface area contributed by atoms with E-state index < -0.39 is 5.41 Å². The molecule has 2 N–H and O–H groups in total. The summed E-state index contributed by atoms with van der Waals surface area (Å²) in [6, 6.07) is 16.9. The molecular formula is C17H17NO3. The van der Waals surface area contributed by atoms with E-state index >= 15 is 0 Å². The lowest BCUT2D eigenvalue weighted by Gasteiger charge is -2.26. The molecule has 21 heavy (non-hydrogen) atoms. The van der Waals surface area contributed by atoms with Crippen LogP contribution in [0, 0.1) is 0 Å². The molecule has 0 saturated heterocycles. The summed E-state index contributed by atoms with van der Waals surface area (Å²) in [5, 5.41) is 19.5. The number of hydrogen-bond acceptors (Lipinski definition) is 3. The first kappa shape index (κ1) is 13.8. The average molecular weight is 283 g/mol. The summed E-state index contributed by atoms with van der Waals surface area (Å²) in [7, 11) is 0. The number of carbonyl (C=O) groups excluding carboxylic acids is 1. The number of amides is 1. The number of rotatable bonds is 4. The van der Waals surface area contributed by atoms with Crippen molar-refractivity contribution in [3.8, 4) is 0 Å². The van der Waals surface area contributed by atoms with E-state index in [4.69, 9.17) is 0 Å². The van der Waals surface area contributed by atoms with Gasteiger partial charge in [-0.2, -0.15) is 0 Å². The van der Waals surface area contributed by atoms with Gasteiger partial charge in [0.05, 0.1) is 12.3 Å². The first-order valence-corrected chi connectivity index (χ1v) is 6.90. The van der Waals surface area contributed by atoms with Gasteiger partial charge < -0.3 is 10.2 Å². The zero-order chi connectivity index (χ0) is 14.9. The van der Waals surface area contributed by atoms with Crippen LogP contribution in [0.3, 0.4) is 0 Å². The molecule has 1 aliphatic heterocycles. The Morgan fingerprint density at radius 2 is 1.62 bits per heavy atom. The van der Waals surface area contributed by atoms with Gasteiger partial charge in [-0.1, -0.05) is 48.5 Å². The SMILES string of the molecule is O=C1N(CO)c2ccccc2[C@]1(CO)Cc1ccccc1. The molecule has 1 atom stereocenters. The van der Waals surface area contributed by atoms with Crippen molar-refractivity contribution in [1.82, 2.24) is 0 Å². The fourth-order valence-electron chi connectivity index (χ4n) is 3.06. The van der Waals surface area contributed by atoms with E-state index in [2.05, 4.69) is 0 Å². The number of hydrogen-bond donors (Lipinski definition) is 2. The van der Waals surface area contributed by atoms with E-state index in [9.17, 15) is 15.0 Å². The predicted molar refractivity (Wildman–Crippen MR) is 79.9 cm³/mol. The van der Waals surface area contributed by atoms with E-state index in [-0.39, 0.29) is 19.2 Å². The van der Waals surface area contributed by atoms with Crippen LogP contribution in [0.1, 0.15) is 11.1 Å². The van der Waals surface area contributed by atoms with Crippen LogP contribution in [-0.2, 0) is 16.6 Å². The van der Waals surface area contributed by atoms with Gasteiger partial charge in [0.2, 0.25) is 5.91 Å². The van der Waals surface area contributed by atoms with Crippen LogP contribution in [0.5, 0.6) is 0 Å². The van der Waals surface area contributed by atoms with Crippen LogP contribution >= 0.6 is 0 Å². The molecule has 0 fully saturated rings. The smallest absolute Gasteiger partial charge is 0.242 e. The second kappa shape index (κ2) is 5.31. The molecule has 0 unspecified atom stereocenters. The van der Waals surface area contributed by atoms with Gasteiger partial charge in [0.25, 0.3) is 0 Å². The van der Waals surface area contributed by atoms with Gasteiger partial charge in [0.1, 0.15) is 12.1 Å². The van der Waals surface area contributed by atoms with Crippen molar-refractivity contribution in [2.45, 2.75) is 11.8 Å². The number of aliphatic hydroxyl groups excluding tert-OH is 2. The highest BCUT2D eigenvalue weighted by Crippen LogP contribution is 2.43. The van der Waals surface area contributed by atoms with Gasteiger partial charge in [0.15, 0.2) is 0 Å². The minimum Gasteiger partial charge on any atom is -0.395 e. The van der Waals surface area contributed by atoms with Gasteiger partial charge in [-0.15, -0.1) is 0 Å². The van der Waals surface area contributed by atoms with E-state index in [1.54, 1.807) is 6.07 Å². The second-order valence-corrected chi connectivity index (χ2v) is 5.29. The number of para-hydroxylation sites is 1. The lowest BCUT2D eigenvalue weighted by Crippen LogP contribution is -2.45. The standard InChI is InChI=1S/C17H17NO3/c19-11-17(10-13-6-2-1-3-7-13)14-8-4-5-9-15(14)18(12-20)16(17)21/h1-9,19-20H,10-12H2/t17-/m1/s1. The Morgan fingerprint density at radius 3 is 2.29 bits per heavy atom. The molecule has 0 radical (unpaired) electrons. The summed E-state index contributed by atoms with van der Waals surface area (Å²) in [5.74, 6) is -0.252. The number of anilines is 1. The Morgan fingerprint density at radius 1 is 0.952 bits per heavy atom. The molecule has 108 valence electrons. The highest BCUT2D eigenvalue weighted by atomic mass is 16.3. The monoisotopic (exact) mass is 283 g/mol. The highest BCUT2D eigenvalue weighted by Gasteiger charge is 2.50. The highest BCUT2D eigenvalue weighted by molar-refractivity contribution is 6.08. The third kappa shape index (κ3) is 2.04. The quantitative estimate of drug-likeness (QED) is 0.893. The predicted octanol–water partition coefficient (Wildman–Crippen LogP) is 1.46. The summed E-state index contributed by atoms with van der Waals surface area (Å²) < 4.78 is 0. The fourth-order valence-corrected chi connectivity index (χ4v) is 3.06. The molecule has 0 aromatic heterocycles. The zero-order valence-electron chi connectivity index (χ0n) is 11.6. The van der Waals surface area contributed by atoms with Crippen molar-refractivity contribution < 1.29 is 15.0 Å². The Balaban J connectivity index is 2.11. The summed E-state index contributed by atoms with van der Waals surface area (Å²) in [6.45, 7) is -0.666. The summed E-state index contributed by atoms with van der Waals surface area (Å²) in [5.41, 5.74) is 1.42. The molecule has 2 aromatic carbocycles. The minimum atomic E-state index is -1.01. The first-order valence-electron chi connectivity index (χ1n) is 6.90. The number of nitrogens with zero attached hydrogens (tertiary/aromatic N) is 1. The molecule has 2 aromatic rings. The van der Waals surface area contributed by atoms with Crippen LogP contribution in [0.25, 0.3) is 0 Å². The number of fused-ring (bicyclic) bond motifs is 1. The maximum Gasteiger partial charge on any atom is 0.242 e. The Labute approximate surface area is 123 Å². The lowest BCUT2D eigenvalue weighted by molar-refractivity contribution is -0.125. The largest absolute Gasteiger partial charge is 0.395 e. The molecule has 0 spiro atoms. The molecule has 4 nitrogen and oxygen atoms in total. The molecule has 0 saturated carbocycles. The van der Waals surface area contributed by atoms with E-state index in [1.165, 1.54) is 4.90 Å². The van der Waals surface area contributed by atoms with Gasteiger partial charge in [-0.05, 0) is 23.6 Å². The molecule has 0 bridgehead atoms. The van der Waals surface area contributed by atoms with Crippen molar-refractivity contribution in [3.63, 3.8) is 0 Å². The van der Waals surface area contributed by atoms with Crippen LogP contribution in [0.15, 0.2) is 54.6 Å². The van der Waals surface area contributed by atoms with Crippen molar-refractivity contribution >= 4 is 11.6 Å². The van der Waals surface area contributed by atoms with Gasteiger partial charge in [-0.3, -0.25) is 9.69 Å². The normalized spacial score (nSPS) is 20.7. The topological polar surface area (TPSA) is 60.8 Å². The fraction of sp³-hybridized carbons (Fsp3) is 0.235. The number of carbonyl (C=O) groups is 1. The summed E-state index contributed by atoms with van der Waals surface area (Å²) in [4.78, 5) is 14.1. The zero-order valence-corrected chi connectivity index (χ0v) is 11.6. The molecular weight excluding hydrogens is 266 g/mol. The minimum absolute atomic E-state index is 0.252. The number of aliphatic hydroxyl groups is 2. The maximum absolute atomic E-state index is 12.8. The Bertz CT molecular complexity index is 656. The van der Waals surface area contributed by atoms with Crippen molar-refractivity contribution in [1.29, 1.82) is 0 Å². The average Bonchev–Trinajstić information content (AvgIpc) is 2.77. The number of benzene rings is 2. The van der Waals surface area contributed by atoms with E-state index in [0.29, 0.717) is 12.1 Å². The third-order valence-corrected chi connectivity index (χ3v) is 4.13. The van der Waals surface area contributed by atoms with E-state index in [0.717, 1.165) is 11.1 Å². The Kier molecular flexibility index (Phi) is 3.49. The molecule has 1 amide bonds. The van der Waals surface area contributed by atoms with Gasteiger partial charge >= 0.3 is 0 Å². The van der Waals surface area contributed by atoms with Crippen LogP contribution in [-0.4, -0.2) is 29.5 Å². The van der Waals surface area contributed by atoms with Crippen LogP contribution < -0.4 is 4.90 Å². The molecule has 4 heteroatoms. The summed E-state index contributed by atoms with van der Waals surface area (Å²) in [6.07, 6.45) is 0.413. The van der Waals surface area contributed by atoms with Crippen molar-refractivity contribution in [2.75, 3.05) is 18.2 Å². The van der Waals surface area contributed by atoms with Gasteiger partial charge in [0, 0.05) is 0 Å². The Hall–Kier alpha value is -2.17. The third-order valence-electron chi connectivity index (χ3n) is 4.13. The van der Waals surface area contributed by atoms with Crippen LogP contribution in [0.2, 0.25) is 0 Å². The molecule has 1 heterocycles. The van der Waals surface area contributed by atoms with Crippen LogP contribution in [0.4, 0.5) is 5.69 Å². The first-order chi connectivity index (χ1) is 10.2. The summed E-state index contributed by atoms with van der Waals surface area (Å²) >= 11 is 0. The molecule has 0 aliphatic carbocycles. The second-order valence-electron chi connectivity index (χ2n) is 5.29. The maximum atomic E-state index is 12.8. The van der Waals surface area contributed by atoms with Crippen molar-refractivity contribution in [3.05, 3.63) is 65.7 Å².